The van der Waals surface area contributed by atoms with Gasteiger partial charge in [0.15, 0.2) is 5.78 Å². The number of rotatable bonds is 4. The van der Waals surface area contributed by atoms with Gasteiger partial charge in [0.25, 0.3) is 0 Å². The minimum Gasteiger partial charge on any atom is -0.600 e. The Balaban J connectivity index is 1.57. The van der Waals surface area contributed by atoms with Crippen molar-refractivity contribution in [2.45, 2.75) is 70.6 Å². The fourth-order valence-corrected chi connectivity index (χ4v) is 5.13. The molecule has 0 bridgehead atoms. The fourth-order valence-electron chi connectivity index (χ4n) is 5.13. The van der Waals surface area contributed by atoms with Crippen LogP contribution in [0.5, 0.6) is 0 Å². The first-order chi connectivity index (χ1) is 11.0. The lowest BCUT2D eigenvalue weighted by Crippen LogP contribution is -3.19. The number of hydrogen-bond acceptors (Lipinski definition) is 4. The average molecular weight is 326 g/mol. The van der Waals surface area contributed by atoms with E-state index < -0.39 is 5.23 Å². The number of ketones is 1. The molecule has 3 aliphatic rings. The van der Waals surface area contributed by atoms with E-state index in [0.29, 0.717) is 43.3 Å². The largest absolute Gasteiger partial charge is 0.600 e. The summed E-state index contributed by atoms with van der Waals surface area (Å²) in [7, 11) is 0. The number of hydrogen-bond donors (Lipinski definition) is 3. The van der Waals surface area contributed by atoms with E-state index in [0.717, 1.165) is 19.4 Å². The van der Waals surface area contributed by atoms with Gasteiger partial charge in [0.2, 0.25) is 0 Å². The van der Waals surface area contributed by atoms with E-state index >= 15 is 0 Å². The molecule has 23 heavy (non-hydrogen) atoms. The molecule has 6 heteroatoms. The zero-order valence-corrected chi connectivity index (χ0v) is 14.5. The molecule has 6 nitrogen and oxygen atoms in total. The van der Waals surface area contributed by atoms with Crippen molar-refractivity contribution in [2.24, 2.45) is 11.8 Å². The summed E-state index contributed by atoms with van der Waals surface area (Å²) in [6.07, 6.45) is 5.94. The maximum atomic E-state index is 12.8. The van der Waals surface area contributed by atoms with E-state index in [-0.39, 0.29) is 12.0 Å². The summed E-state index contributed by atoms with van der Waals surface area (Å²) in [5, 5.41) is 19.4. The molecule has 5 atom stereocenters. The van der Waals surface area contributed by atoms with Crippen molar-refractivity contribution in [3.8, 4) is 0 Å². The smallest absolute Gasteiger partial charge is 0.189 e. The molecule has 2 saturated heterocycles. The SMILES string of the molecule is CC1CCCN2CC(C)[NH+](CC(=O)C3CCC([NH+]([O-])O)CC3)C12. The lowest BCUT2D eigenvalue weighted by atomic mass is 9.83. The van der Waals surface area contributed by atoms with Crippen molar-refractivity contribution in [2.75, 3.05) is 19.6 Å². The quantitative estimate of drug-likeness (QED) is 0.594. The van der Waals surface area contributed by atoms with Crippen LogP contribution in [-0.4, -0.2) is 53.8 Å². The second kappa shape index (κ2) is 7.15. The molecular weight excluding hydrogens is 294 g/mol. The summed E-state index contributed by atoms with van der Waals surface area (Å²) in [5.74, 6) is 1.13. The Hall–Kier alpha value is -0.530. The standard InChI is InChI=1S/C17H31N3O3/c1-12-4-3-9-18-10-13(2)19(17(12)18)11-16(21)14-5-7-15(8-6-14)20(22)23/h12-15,17,20,22H,3-11H2,1-2H3/p+1. The first kappa shape index (κ1) is 17.3. The number of nitrogens with one attached hydrogen (secondary N) is 2. The molecule has 3 N–H and O–H groups in total. The number of Topliss-reactive ketones (excluding diaryl/α,β-unsaturated/α-hetero) is 1. The molecule has 1 aliphatic carbocycles. The lowest BCUT2D eigenvalue weighted by molar-refractivity contribution is -1.07. The van der Waals surface area contributed by atoms with Gasteiger partial charge in [-0.3, -0.25) is 4.79 Å². The van der Waals surface area contributed by atoms with E-state index in [2.05, 4.69) is 18.7 Å². The number of nitrogens with zero attached hydrogens (tertiary/aromatic N) is 1. The first-order valence-corrected chi connectivity index (χ1v) is 9.32. The molecular formula is C17H32N3O3+. The Bertz CT molecular complexity index is 423. The number of quaternary nitrogens is 2. The maximum Gasteiger partial charge on any atom is 0.189 e. The Labute approximate surface area is 138 Å². The minimum atomic E-state index is -0.693. The number of hydroxylamine groups is 2. The number of carbonyl (C=O) groups excluding carboxylic acids is 1. The van der Waals surface area contributed by atoms with Gasteiger partial charge in [-0.2, -0.15) is 0 Å². The summed E-state index contributed by atoms with van der Waals surface area (Å²) in [6, 6.07) is 0.297. The van der Waals surface area contributed by atoms with Crippen molar-refractivity contribution in [3.05, 3.63) is 5.21 Å². The van der Waals surface area contributed by atoms with Gasteiger partial charge >= 0.3 is 0 Å². The van der Waals surface area contributed by atoms with Crippen LogP contribution in [0.3, 0.4) is 0 Å². The number of fused-ring (bicyclic) bond motifs is 1. The monoisotopic (exact) mass is 326 g/mol. The molecule has 0 amide bonds. The number of carbonyl (C=O) groups is 1. The highest BCUT2D eigenvalue weighted by atomic mass is 16.8. The van der Waals surface area contributed by atoms with Crippen LogP contribution in [0, 0.1) is 17.0 Å². The van der Waals surface area contributed by atoms with E-state index in [4.69, 9.17) is 5.21 Å². The molecule has 0 aromatic carbocycles. The summed E-state index contributed by atoms with van der Waals surface area (Å²) in [4.78, 5) is 16.8. The van der Waals surface area contributed by atoms with Crippen LogP contribution >= 0.6 is 0 Å². The van der Waals surface area contributed by atoms with Gasteiger partial charge in [0.1, 0.15) is 18.8 Å². The third-order valence-electron chi connectivity index (χ3n) is 6.47. The Morgan fingerprint density at radius 1 is 1.26 bits per heavy atom. The highest BCUT2D eigenvalue weighted by molar-refractivity contribution is 5.82. The van der Waals surface area contributed by atoms with E-state index in [9.17, 15) is 10.0 Å². The second-order valence-corrected chi connectivity index (χ2v) is 8.07. The van der Waals surface area contributed by atoms with Gasteiger partial charge in [-0.1, -0.05) is 6.92 Å². The summed E-state index contributed by atoms with van der Waals surface area (Å²) >= 11 is 0. The molecule has 0 aromatic rings. The van der Waals surface area contributed by atoms with Crippen LogP contribution in [0.2, 0.25) is 0 Å². The third-order valence-corrected chi connectivity index (χ3v) is 6.47. The highest BCUT2D eigenvalue weighted by Crippen LogP contribution is 2.25. The van der Waals surface area contributed by atoms with Gasteiger partial charge in [-0.15, -0.1) is 0 Å². The van der Waals surface area contributed by atoms with Gasteiger partial charge in [-0.25, -0.2) is 15.3 Å². The van der Waals surface area contributed by atoms with Gasteiger partial charge in [0.05, 0.1) is 12.6 Å². The van der Waals surface area contributed by atoms with Crippen molar-refractivity contribution in [3.63, 3.8) is 0 Å². The predicted molar refractivity (Wildman–Crippen MR) is 85.9 cm³/mol. The second-order valence-electron chi connectivity index (χ2n) is 8.07. The molecule has 2 heterocycles. The van der Waals surface area contributed by atoms with Crippen molar-refractivity contribution >= 4 is 5.78 Å². The Kier molecular flexibility index (Phi) is 5.38. The van der Waals surface area contributed by atoms with Crippen LogP contribution < -0.4 is 10.1 Å². The molecule has 2 aliphatic heterocycles. The summed E-state index contributed by atoms with van der Waals surface area (Å²) < 4.78 is 0. The predicted octanol–water partition coefficient (Wildman–Crippen LogP) is -0.769. The van der Waals surface area contributed by atoms with E-state index in [1.54, 1.807) is 0 Å². The Morgan fingerprint density at radius 2 is 1.96 bits per heavy atom. The average Bonchev–Trinajstić information content (AvgIpc) is 2.84. The normalized spacial score (nSPS) is 43.1. The van der Waals surface area contributed by atoms with Crippen molar-refractivity contribution in [1.82, 2.24) is 4.90 Å². The van der Waals surface area contributed by atoms with E-state index in [1.165, 1.54) is 24.3 Å². The van der Waals surface area contributed by atoms with Gasteiger partial charge in [-0.05, 0) is 32.6 Å². The zero-order chi connectivity index (χ0) is 16.6. The summed E-state index contributed by atoms with van der Waals surface area (Å²) in [6.45, 7) is 7.53. The van der Waals surface area contributed by atoms with Crippen LogP contribution in [0.4, 0.5) is 0 Å². The minimum absolute atomic E-state index is 0.0956. The molecule has 1 saturated carbocycles. The van der Waals surface area contributed by atoms with Crippen molar-refractivity contribution in [1.29, 1.82) is 0 Å². The van der Waals surface area contributed by atoms with E-state index in [1.807, 2.05) is 0 Å². The summed E-state index contributed by atoms with van der Waals surface area (Å²) in [5.41, 5.74) is 0. The topological polar surface area (TPSA) is 72.5 Å². The zero-order valence-electron chi connectivity index (χ0n) is 14.5. The van der Waals surface area contributed by atoms with Gasteiger partial charge < -0.3 is 10.1 Å². The lowest BCUT2D eigenvalue weighted by Gasteiger charge is -2.37. The maximum absolute atomic E-state index is 12.8. The highest BCUT2D eigenvalue weighted by Gasteiger charge is 2.46. The van der Waals surface area contributed by atoms with Crippen LogP contribution in [0.1, 0.15) is 52.4 Å². The molecule has 0 spiro atoms. The molecule has 132 valence electrons. The third kappa shape index (κ3) is 3.61. The molecule has 3 rings (SSSR count). The molecule has 0 aromatic heterocycles. The molecule has 3 fully saturated rings. The van der Waals surface area contributed by atoms with Crippen LogP contribution in [0.15, 0.2) is 0 Å². The Morgan fingerprint density at radius 3 is 2.61 bits per heavy atom. The molecule has 5 unspecified atom stereocenters. The van der Waals surface area contributed by atoms with Crippen LogP contribution in [0.25, 0.3) is 0 Å². The van der Waals surface area contributed by atoms with Crippen LogP contribution in [-0.2, 0) is 4.79 Å². The van der Waals surface area contributed by atoms with Crippen molar-refractivity contribution < 1.29 is 20.1 Å². The van der Waals surface area contributed by atoms with Gasteiger partial charge in [0, 0.05) is 31.2 Å². The molecule has 0 radical (unpaired) electrons. The fraction of sp³-hybridized carbons (Fsp3) is 0.941. The first-order valence-electron chi connectivity index (χ1n) is 9.32. The number of piperidine rings is 1.